The van der Waals surface area contributed by atoms with Crippen molar-refractivity contribution >= 4 is 24.8 Å². The molecule has 0 N–H and O–H groups in total. The Morgan fingerprint density at radius 2 is 1.21 bits per heavy atom. The molecular formula is C21H42O2Sn. The van der Waals surface area contributed by atoms with Crippen LogP contribution in [0.2, 0.25) is 13.3 Å². The van der Waals surface area contributed by atoms with E-state index < -0.39 is 18.8 Å². The Hall–Kier alpha value is 0.00870. The van der Waals surface area contributed by atoms with Crippen molar-refractivity contribution in [1.82, 2.24) is 0 Å². The second kappa shape index (κ2) is 15.3. The van der Waals surface area contributed by atoms with Crippen molar-refractivity contribution in [3.8, 4) is 0 Å². The Morgan fingerprint density at radius 3 is 1.62 bits per heavy atom. The van der Waals surface area contributed by atoms with E-state index in [1.165, 1.54) is 71.1 Å². The molecule has 24 heavy (non-hydrogen) atoms. The molecule has 0 spiro atoms. The minimum atomic E-state index is -2.81. The second-order valence-corrected chi connectivity index (χ2v) is 18.9. The van der Waals surface area contributed by atoms with Crippen molar-refractivity contribution in [3.63, 3.8) is 0 Å². The molecule has 0 fully saturated rings. The molecule has 142 valence electrons. The van der Waals surface area contributed by atoms with Crippen LogP contribution in [-0.2, 0) is 7.87 Å². The molecule has 0 rings (SSSR count). The quantitative estimate of drug-likeness (QED) is 0.141. The van der Waals surface area contributed by atoms with Crippen LogP contribution in [0.5, 0.6) is 0 Å². The van der Waals surface area contributed by atoms with Crippen molar-refractivity contribution in [3.05, 3.63) is 12.2 Å². The van der Waals surface area contributed by atoms with E-state index >= 15 is 0 Å². The fourth-order valence-electron chi connectivity index (χ4n) is 3.16. The summed E-state index contributed by atoms with van der Waals surface area (Å²) in [6, 6.07) is 0. The van der Waals surface area contributed by atoms with Gasteiger partial charge in [0.1, 0.15) is 0 Å². The van der Waals surface area contributed by atoms with Gasteiger partial charge in [0.05, 0.1) is 0 Å². The van der Waals surface area contributed by atoms with Crippen molar-refractivity contribution in [2.75, 3.05) is 0 Å². The first-order valence-corrected chi connectivity index (χ1v) is 17.7. The summed E-state index contributed by atoms with van der Waals surface area (Å²) in [4.78, 5) is 12.6. The van der Waals surface area contributed by atoms with Crippen LogP contribution in [0.1, 0.15) is 98.3 Å². The molecule has 3 heteroatoms. The Bertz CT molecular complexity index is 317. The molecule has 0 saturated carbocycles. The van der Waals surface area contributed by atoms with Crippen molar-refractivity contribution < 1.29 is 7.87 Å². The third kappa shape index (κ3) is 10.8. The van der Waals surface area contributed by atoms with Crippen LogP contribution in [-0.4, -0.2) is 24.8 Å². The zero-order valence-electron chi connectivity index (χ0n) is 16.9. The maximum absolute atomic E-state index is 12.6. The van der Waals surface area contributed by atoms with Gasteiger partial charge in [-0.1, -0.05) is 0 Å². The summed E-state index contributed by atoms with van der Waals surface area (Å²) >= 11 is -2.81. The van der Waals surface area contributed by atoms with Crippen LogP contribution in [0, 0.1) is 0 Å². The number of carbonyl (C=O) groups is 1. The molecule has 0 aliphatic heterocycles. The van der Waals surface area contributed by atoms with E-state index in [4.69, 9.17) is 3.07 Å². The summed E-state index contributed by atoms with van der Waals surface area (Å²) in [5.41, 5.74) is 0.719. The van der Waals surface area contributed by atoms with Gasteiger partial charge in [-0.05, 0) is 0 Å². The average Bonchev–Trinajstić information content (AvgIpc) is 2.59. The summed E-state index contributed by atoms with van der Waals surface area (Å²) in [5, 5.41) is 0. The van der Waals surface area contributed by atoms with E-state index in [0.29, 0.717) is 0 Å². The van der Waals surface area contributed by atoms with Gasteiger partial charge in [-0.2, -0.15) is 0 Å². The molecule has 0 saturated heterocycles. The maximum atomic E-state index is 12.6. The molecule has 2 nitrogen and oxygen atoms in total. The second-order valence-electron chi connectivity index (χ2n) is 7.30. The fourth-order valence-corrected chi connectivity index (χ4v) is 16.3. The van der Waals surface area contributed by atoms with Crippen LogP contribution >= 0.6 is 0 Å². The molecule has 0 bridgehead atoms. The summed E-state index contributed by atoms with van der Waals surface area (Å²) in [5.74, 6) is -0.0504. The first kappa shape index (κ1) is 24.0. The van der Waals surface area contributed by atoms with Crippen LogP contribution in [0.3, 0.4) is 0 Å². The Balaban J connectivity index is 4.77. The first-order chi connectivity index (χ1) is 11.5. The monoisotopic (exact) mass is 446 g/mol. The van der Waals surface area contributed by atoms with Gasteiger partial charge in [0.15, 0.2) is 0 Å². The van der Waals surface area contributed by atoms with E-state index in [0.717, 1.165) is 18.4 Å². The number of unbranched alkanes of at least 4 members (excludes halogenated alkanes) is 6. The number of carbonyl (C=O) groups excluding carboxylic acids is 1. The van der Waals surface area contributed by atoms with E-state index in [2.05, 4.69) is 34.3 Å². The zero-order valence-corrected chi connectivity index (χ0v) is 19.8. The normalized spacial score (nSPS) is 11.5. The van der Waals surface area contributed by atoms with Crippen molar-refractivity contribution in [2.45, 2.75) is 112 Å². The predicted molar refractivity (Wildman–Crippen MR) is 109 cm³/mol. The first-order valence-electron chi connectivity index (χ1n) is 10.5. The van der Waals surface area contributed by atoms with Gasteiger partial charge >= 0.3 is 156 Å². The Labute approximate surface area is 156 Å². The summed E-state index contributed by atoms with van der Waals surface area (Å²) in [7, 11) is 0. The third-order valence-corrected chi connectivity index (χ3v) is 17.5. The topological polar surface area (TPSA) is 26.3 Å². The van der Waals surface area contributed by atoms with Crippen LogP contribution in [0.25, 0.3) is 0 Å². The van der Waals surface area contributed by atoms with Gasteiger partial charge in [-0.3, -0.25) is 0 Å². The van der Waals surface area contributed by atoms with E-state index in [-0.39, 0.29) is 5.97 Å². The zero-order chi connectivity index (χ0) is 18.3. The average molecular weight is 445 g/mol. The molecule has 0 aliphatic rings. The summed E-state index contributed by atoms with van der Waals surface area (Å²) < 4.78 is 9.96. The van der Waals surface area contributed by atoms with Gasteiger partial charge in [0, 0.05) is 0 Å². The van der Waals surface area contributed by atoms with Gasteiger partial charge in [0.2, 0.25) is 0 Å². The molecule has 0 amide bonds. The standard InChI is InChI=1S/C9H16O2.3C4H9.Sn/c1-3-4-5-6-7-8(2)9(10)11;3*1-3-4-2;/h2-7H2,1H3,(H,10,11);3*1,3-4H2,2H3;/q;;;;+1/p-1. The number of hydrogen-bond acceptors (Lipinski definition) is 2. The SMILES string of the molecule is C=C(CCCCCC)C(=O)[O][Sn]([CH2]CCC)([CH2]CCC)[CH2]CCC. The number of rotatable bonds is 16. The third-order valence-electron chi connectivity index (χ3n) is 4.89. The fraction of sp³-hybridized carbons (Fsp3) is 0.857. The van der Waals surface area contributed by atoms with Crippen molar-refractivity contribution in [1.29, 1.82) is 0 Å². The van der Waals surface area contributed by atoms with Crippen LogP contribution < -0.4 is 0 Å². The van der Waals surface area contributed by atoms with Gasteiger partial charge in [0.25, 0.3) is 0 Å². The Morgan fingerprint density at radius 1 is 0.750 bits per heavy atom. The predicted octanol–water partition coefficient (Wildman–Crippen LogP) is 7.40. The van der Waals surface area contributed by atoms with E-state index in [1.807, 2.05) is 0 Å². The van der Waals surface area contributed by atoms with Gasteiger partial charge in [-0.25, -0.2) is 0 Å². The van der Waals surface area contributed by atoms with E-state index in [1.54, 1.807) is 0 Å². The molecule has 0 unspecified atom stereocenters. The number of hydrogen-bond donors (Lipinski definition) is 0. The molecule has 0 aromatic heterocycles. The molecule has 0 aromatic carbocycles. The molecular weight excluding hydrogens is 403 g/mol. The van der Waals surface area contributed by atoms with Gasteiger partial charge < -0.3 is 0 Å². The molecule has 0 aromatic rings. The Kier molecular flexibility index (Phi) is 15.3. The summed E-state index contributed by atoms with van der Waals surface area (Å²) in [6.07, 6.45) is 12.8. The molecule has 0 radical (unpaired) electrons. The van der Waals surface area contributed by atoms with Crippen LogP contribution in [0.15, 0.2) is 12.2 Å². The minimum absolute atomic E-state index is 0.0504. The van der Waals surface area contributed by atoms with E-state index in [9.17, 15) is 4.79 Å². The van der Waals surface area contributed by atoms with Crippen molar-refractivity contribution in [2.24, 2.45) is 0 Å². The summed E-state index contributed by atoms with van der Waals surface area (Å²) in [6.45, 7) is 13.0. The molecule has 0 aliphatic carbocycles. The van der Waals surface area contributed by atoms with Gasteiger partial charge in [-0.15, -0.1) is 0 Å². The van der Waals surface area contributed by atoms with Crippen LogP contribution in [0.4, 0.5) is 0 Å². The molecule has 0 atom stereocenters. The molecule has 0 heterocycles.